The van der Waals surface area contributed by atoms with Gasteiger partial charge < -0.3 is 27.8 Å². The summed E-state index contributed by atoms with van der Waals surface area (Å²) in [6.45, 7) is 8.25. The number of imidazole rings is 1. The SMILES string of the molecule is CNC.Cc1cccn2c(NCC3CCCO3)c(C(C)C)nc12.[Cl-]. The molecule has 0 bridgehead atoms. The van der Waals surface area contributed by atoms with Crippen molar-refractivity contribution in [2.75, 3.05) is 32.6 Å². The highest BCUT2D eigenvalue weighted by atomic mass is 35.5. The molecule has 1 aliphatic rings. The van der Waals surface area contributed by atoms with Gasteiger partial charge in [-0.1, -0.05) is 19.9 Å². The van der Waals surface area contributed by atoms with Crippen LogP contribution < -0.4 is 23.0 Å². The van der Waals surface area contributed by atoms with E-state index < -0.39 is 0 Å². The third-order valence-corrected chi connectivity index (χ3v) is 3.94. The molecule has 1 saturated heterocycles. The highest BCUT2D eigenvalue weighted by Gasteiger charge is 2.19. The maximum absolute atomic E-state index is 5.70. The summed E-state index contributed by atoms with van der Waals surface area (Å²) in [4.78, 5) is 4.82. The van der Waals surface area contributed by atoms with Gasteiger partial charge in [-0.05, 0) is 51.4 Å². The van der Waals surface area contributed by atoms with Gasteiger partial charge in [0, 0.05) is 19.3 Å². The molecule has 0 amide bonds. The minimum atomic E-state index is 0. The number of aromatic nitrogens is 2. The Hall–Kier alpha value is -1.30. The maximum Gasteiger partial charge on any atom is 0.141 e. The number of ether oxygens (including phenoxy) is 1. The molecule has 5 nitrogen and oxygen atoms in total. The minimum absolute atomic E-state index is 0. The third-order valence-electron chi connectivity index (χ3n) is 3.94. The summed E-state index contributed by atoms with van der Waals surface area (Å²) in [7, 11) is 3.75. The zero-order valence-corrected chi connectivity index (χ0v) is 16.2. The number of aryl methyl sites for hydroxylation is 1. The molecule has 3 heterocycles. The summed E-state index contributed by atoms with van der Waals surface area (Å²) in [6, 6.07) is 4.18. The van der Waals surface area contributed by atoms with E-state index in [0.29, 0.717) is 12.0 Å². The van der Waals surface area contributed by atoms with Crippen LogP contribution >= 0.6 is 0 Å². The smallest absolute Gasteiger partial charge is 0.141 e. The largest absolute Gasteiger partial charge is 1.00 e. The fraction of sp³-hybridized carbons (Fsp3) is 0.611. The van der Waals surface area contributed by atoms with Crippen LogP contribution in [-0.4, -0.2) is 42.7 Å². The first-order valence-corrected chi connectivity index (χ1v) is 8.50. The molecular weight excluding hydrogens is 324 g/mol. The molecule has 2 aromatic rings. The van der Waals surface area contributed by atoms with Crippen molar-refractivity contribution in [1.82, 2.24) is 14.7 Å². The van der Waals surface area contributed by atoms with E-state index >= 15 is 0 Å². The minimum Gasteiger partial charge on any atom is -1.00 e. The molecule has 6 heteroatoms. The second-order valence-electron chi connectivity index (χ2n) is 6.40. The maximum atomic E-state index is 5.70. The highest BCUT2D eigenvalue weighted by molar-refractivity contribution is 5.59. The Bertz CT molecular complexity index is 621. The zero-order chi connectivity index (χ0) is 16.8. The van der Waals surface area contributed by atoms with Crippen molar-refractivity contribution in [3.63, 3.8) is 0 Å². The van der Waals surface area contributed by atoms with Crippen LogP contribution in [0.4, 0.5) is 5.82 Å². The van der Waals surface area contributed by atoms with Crippen LogP contribution in [0, 0.1) is 6.92 Å². The molecule has 3 rings (SSSR count). The molecule has 24 heavy (non-hydrogen) atoms. The van der Waals surface area contributed by atoms with Crippen LogP contribution in [0.5, 0.6) is 0 Å². The van der Waals surface area contributed by atoms with Crippen LogP contribution in [-0.2, 0) is 4.74 Å². The van der Waals surface area contributed by atoms with Crippen LogP contribution in [0.3, 0.4) is 0 Å². The van der Waals surface area contributed by atoms with Gasteiger partial charge in [0.15, 0.2) is 0 Å². The van der Waals surface area contributed by atoms with Gasteiger partial charge in [0.25, 0.3) is 0 Å². The van der Waals surface area contributed by atoms with E-state index in [1.807, 2.05) is 14.1 Å². The Morgan fingerprint density at radius 1 is 1.38 bits per heavy atom. The predicted octanol–water partition coefficient (Wildman–Crippen LogP) is 0.197. The van der Waals surface area contributed by atoms with Crippen molar-refractivity contribution in [3.05, 3.63) is 29.6 Å². The Morgan fingerprint density at radius 2 is 2.08 bits per heavy atom. The Morgan fingerprint density at radius 3 is 2.67 bits per heavy atom. The first-order chi connectivity index (χ1) is 11.1. The molecule has 0 radical (unpaired) electrons. The lowest BCUT2D eigenvalue weighted by molar-refractivity contribution is -0.00000637. The summed E-state index contributed by atoms with van der Waals surface area (Å²) < 4.78 is 7.86. The molecule has 2 aromatic heterocycles. The van der Waals surface area contributed by atoms with Gasteiger partial charge in [0.1, 0.15) is 11.5 Å². The Labute approximate surface area is 151 Å². The van der Waals surface area contributed by atoms with Gasteiger partial charge in [-0.15, -0.1) is 0 Å². The molecule has 2 N–H and O–H groups in total. The Kier molecular flexibility index (Phi) is 8.53. The van der Waals surface area contributed by atoms with Crippen LogP contribution in [0.2, 0.25) is 0 Å². The number of hydrogen-bond donors (Lipinski definition) is 2. The summed E-state index contributed by atoms with van der Waals surface area (Å²) in [5.41, 5.74) is 3.39. The van der Waals surface area contributed by atoms with Crippen LogP contribution in [0.1, 0.15) is 43.9 Å². The second kappa shape index (κ2) is 9.87. The average Bonchev–Trinajstić information content (AvgIpc) is 3.13. The van der Waals surface area contributed by atoms with Gasteiger partial charge >= 0.3 is 0 Å². The molecule has 1 fully saturated rings. The topological polar surface area (TPSA) is 50.6 Å². The summed E-state index contributed by atoms with van der Waals surface area (Å²) >= 11 is 0. The van der Waals surface area contributed by atoms with Crippen molar-refractivity contribution < 1.29 is 17.1 Å². The number of hydrogen-bond acceptors (Lipinski definition) is 4. The standard InChI is InChI=1S/C16H23N3O.C2H7N.ClH/c1-11(2)14-16(17-10-13-7-5-9-20-13)19-8-4-6-12(3)15(19)18-14;1-3-2;/h4,6,8,11,13,17H,5,7,9-10H2,1-3H3;3H,1-2H3;1H/p-1. The van der Waals surface area contributed by atoms with E-state index in [4.69, 9.17) is 9.72 Å². The predicted molar refractivity (Wildman–Crippen MR) is 96.5 cm³/mol. The number of fused-ring (bicyclic) bond motifs is 1. The van der Waals surface area contributed by atoms with Crippen molar-refractivity contribution >= 4 is 11.5 Å². The number of nitrogens with zero attached hydrogens (tertiary/aromatic N) is 2. The highest BCUT2D eigenvalue weighted by Crippen LogP contribution is 2.27. The van der Waals surface area contributed by atoms with Gasteiger partial charge in [-0.2, -0.15) is 0 Å². The van der Waals surface area contributed by atoms with E-state index in [9.17, 15) is 0 Å². The quantitative estimate of drug-likeness (QED) is 0.824. The number of nitrogens with one attached hydrogen (secondary N) is 2. The number of halogens is 1. The molecule has 0 saturated carbocycles. The molecule has 136 valence electrons. The van der Waals surface area contributed by atoms with Crippen molar-refractivity contribution in [1.29, 1.82) is 0 Å². The first-order valence-electron chi connectivity index (χ1n) is 8.50. The van der Waals surface area contributed by atoms with E-state index in [-0.39, 0.29) is 12.4 Å². The van der Waals surface area contributed by atoms with Gasteiger partial charge in [-0.25, -0.2) is 4.98 Å². The number of anilines is 1. The lowest BCUT2D eigenvalue weighted by Gasteiger charge is -2.14. The van der Waals surface area contributed by atoms with Crippen LogP contribution in [0.15, 0.2) is 18.3 Å². The summed E-state index contributed by atoms with van der Waals surface area (Å²) in [5.74, 6) is 1.52. The molecule has 1 aliphatic heterocycles. The Balaban J connectivity index is 0.000000671. The fourth-order valence-electron chi connectivity index (χ4n) is 2.82. The van der Waals surface area contributed by atoms with E-state index in [1.165, 1.54) is 12.0 Å². The monoisotopic (exact) mass is 353 g/mol. The number of pyridine rings is 1. The molecule has 0 spiro atoms. The fourth-order valence-corrected chi connectivity index (χ4v) is 2.82. The van der Waals surface area contributed by atoms with E-state index in [1.54, 1.807) is 0 Å². The van der Waals surface area contributed by atoms with Gasteiger partial charge in [0.2, 0.25) is 0 Å². The molecule has 1 unspecified atom stereocenters. The first kappa shape index (κ1) is 20.7. The molecular formula is C18H30ClN4O-. The molecule has 0 aliphatic carbocycles. The number of rotatable bonds is 4. The normalized spacial score (nSPS) is 16.7. The third kappa shape index (κ3) is 4.85. The molecule has 0 aromatic carbocycles. The zero-order valence-electron chi connectivity index (χ0n) is 15.4. The van der Waals surface area contributed by atoms with Gasteiger partial charge in [0.05, 0.1) is 11.8 Å². The van der Waals surface area contributed by atoms with Crippen LogP contribution in [0.25, 0.3) is 5.65 Å². The van der Waals surface area contributed by atoms with E-state index in [0.717, 1.165) is 36.7 Å². The van der Waals surface area contributed by atoms with Crippen molar-refractivity contribution in [3.8, 4) is 0 Å². The average molecular weight is 354 g/mol. The lowest BCUT2D eigenvalue weighted by atomic mass is 10.1. The van der Waals surface area contributed by atoms with Crippen molar-refractivity contribution in [2.45, 2.75) is 45.6 Å². The van der Waals surface area contributed by atoms with Crippen molar-refractivity contribution in [2.24, 2.45) is 0 Å². The van der Waals surface area contributed by atoms with Gasteiger partial charge in [-0.3, -0.25) is 4.40 Å². The summed E-state index contributed by atoms with van der Waals surface area (Å²) in [5, 5.41) is 6.31. The lowest BCUT2D eigenvalue weighted by Crippen LogP contribution is -3.00. The summed E-state index contributed by atoms with van der Waals surface area (Å²) in [6.07, 6.45) is 4.75. The van der Waals surface area contributed by atoms with E-state index in [2.05, 4.69) is 54.1 Å². The second-order valence-corrected chi connectivity index (χ2v) is 6.40. The molecule has 1 atom stereocenters.